The van der Waals surface area contributed by atoms with Crippen LogP contribution in [0.3, 0.4) is 0 Å². The fourth-order valence-electron chi connectivity index (χ4n) is 1.82. The monoisotopic (exact) mass is 313 g/mol. The Hall–Kier alpha value is -2.45. The fourth-order valence-corrected chi connectivity index (χ4v) is 2.73. The van der Waals surface area contributed by atoms with Gasteiger partial charge in [0.1, 0.15) is 5.75 Å². The van der Waals surface area contributed by atoms with E-state index < -0.39 is 0 Å². The molecule has 2 aromatic carbocycles. The van der Waals surface area contributed by atoms with E-state index in [1.807, 2.05) is 18.2 Å². The van der Waals surface area contributed by atoms with Gasteiger partial charge < -0.3 is 9.47 Å². The van der Waals surface area contributed by atoms with Gasteiger partial charge in [0, 0.05) is 9.79 Å². The molecule has 0 radical (unpaired) electrons. The van der Waals surface area contributed by atoms with Gasteiger partial charge in [-0.1, -0.05) is 11.8 Å². The maximum absolute atomic E-state index is 12.1. The van der Waals surface area contributed by atoms with Crippen LogP contribution >= 0.6 is 11.8 Å². The Morgan fingerprint density at radius 2 is 1.95 bits per heavy atom. The normalized spacial score (nSPS) is 9.86. The Bertz CT molecular complexity index is 705. The third-order valence-electron chi connectivity index (χ3n) is 2.89. The first-order valence-corrected chi connectivity index (χ1v) is 7.52. The van der Waals surface area contributed by atoms with Crippen LogP contribution in [-0.4, -0.2) is 19.7 Å². The molecule has 0 aromatic heterocycles. The number of rotatable bonds is 5. The highest BCUT2D eigenvalue weighted by Crippen LogP contribution is 2.33. The quantitative estimate of drug-likeness (QED) is 0.784. The van der Waals surface area contributed by atoms with Crippen molar-refractivity contribution in [3.05, 3.63) is 53.6 Å². The molecule has 4 nitrogen and oxygen atoms in total. The van der Waals surface area contributed by atoms with Gasteiger partial charge in [0.2, 0.25) is 0 Å². The highest BCUT2D eigenvalue weighted by molar-refractivity contribution is 7.99. The second-order valence-electron chi connectivity index (χ2n) is 4.32. The molecule has 0 spiro atoms. The van der Waals surface area contributed by atoms with E-state index in [9.17, 15) is 4.79 Å². The molecule has 0 unspecified atom stereocenters. The Morgan fingerprint density at radius 1 is 1.23 bits per heavy atom. The van der Waals surface area contributed by atoms with E-state index in [0.29, 0.717) is 23.5 Å². The molecule has 2 aromatic rings. The predicted molar refractivity (Wildman–Crippen MR) is 84.2 cm³/mol. The number of nitrogens with zero attached hydrogens (tertiary/aromatic N) is 1. The number of benzene rings is 2. The summed E-state index contributed by atoms with van der Waals surface area (Å²) in [7, 11) is 1.55. The molecule has 0 aliphatic heterocycles. The first-order valence-electron chi connectivity index (χ1n) is 6.71. The van der Waals surface area contributed by atoms with Crippen LogP contribution in [0, 0.1) is 11.3 Å². The van der Waals surface area contributed by atoms with Crippen molar-refractivity contribution < 1.29 is 14.3 Å². The molecule has 0 atom stereocenters. The molecule has 0 amide bonds. The smallest absolute Gasteiger partial charge is 0.339 e. The lowest BCUT2D eigenvalue weighted by atomic mass is 10.2. The Kier molecular flexibility index (Phi) is 5.45. The molecule has 0 saturated heterocycles. The van der Waals surface area contributed by atoms with E-state index in [0.717, 1.165) is 9.79 Å². The van der Waals surface area contributed by atoms with Crippen LogP contribution in [0.2, 0.25) is 0 Å². The zero-order valence-electron chi connectivity index (χ0n) is 12.3. The zero-order chi connectivity index (χ0) is 15.9. The largest absolute Gasteiger partial charge is 0.497 e. The van der Waals surface area contributed by atoms with Gasteiger partial charge in [-0.05, 0) is 49.4 Å². The number of carbonyl (C=O) groups is 1. The van der Waals surface area contributed by atoms with Crippen molar-refractivity contribution in [3.8, 4) is 11.8 Å². The minimum Gasteiger partial charge on any atom is -0.497 e. The van der Waals surface area contributed by atoms with Crippen LogP contribution in [-0.2, 0) is 4.74 Å². The van der Waals surface area contributed by atoms with Gasteiger partial charge in [0.25, 0.3) is 0 Å². The minimum absolute atomic E-state index is 0.316. The van der Waals surface area contributed by atoms with Crippen molar-refractivity contribution in [1.29, 1.82) is 5.26 Å². The van der Waals surface area contributed by atoms with Gasteiger partial charge in [-0.3, -0.25) is 0 Å². The first-order chi connectivity index (χ1) is 10.7. The van der Waals surface area contributed by atoms with Crippen molar-refractivity contribution in [2.75, 3.05) is 13.7 Å². The highest BCUT2D eigenvalue weighted by atomic mass is 32.2. The average Bonchev–Trinajstić information content (AvgIpc) is 2.56. The van der Waals surface area contributed by atoms with Gasteiger partial charge in [-0.25, -0.2) is 4.79 Å². The molecule has 112 valence electrons. The Labute approximate surface area is 133 Å². The molecule has 0 saturated carbocycles. The minimum atomic E-state index is -0.377. The van der Waals surface area contributed by atoms with Crippen LogP contribution in [0.5, 0.6) is 5.75 Å². The van der Waals surface area contributed by atoms with Crippen LogP contribution in [0.15, 0.2) is 52.3 Å². The summed E-state index contributed by atoms with van der Waals surface area (Å²) in [5.41, 5.74) is 1.07. The number of hydrogen-bond acceptors (Lipinski definition) is 5. The van der Waals surface area contributed by atoms with Gasteiger partial charge in [0.15, 0.2) is 0 Å². The first kappa shape index (κ1) is 15.9. The molecule has 0 N–H and O–H groups in total. The van der Waals surface area contributed by atoms with E-state index in [2.05, 4.69) is 6.07 Å². The summed E-state index contributed by atoms with van der Waals surface area (Å²) in [5.74, 6) is 0.227. The lowest BCUT2D eigenvalue weighted by Crippen LogP contribution is -2.06. The summed E-state index contributed by atoms with van der Waals surface area (Å²) in [6.07, 6.45) is 0. The molecule has 0 bridgehead atoms. The van der Waals surface area contributed by atoms with Crippen LogP contribution in [0.25, 0.3) is 0 Å². The van der Waals surface area contributed by atoms with Gasteiger partial charge >= 0.3 is 5.97 Å². The predicted octanol–water partition coefficient (Wildman–Crippen LogP) is 3.89. The van der Waals surface area contributed by atoms with Crippen molar-refractivity contribution >= 4 is 17.7 Å². The summed E-state index contributed by atoms with van der Waals surface area (Å²) in [4.78, 5) is 13.8. The molecule has 0 heterocycles. The number of esters is 1. The summed E-state index contributed by atoms with van der Waals surface area (Å²) in [6.45, 7) is 2.09. The molecule has 0 fully saturated rings. The standard InChI is InChI=1S/C17H15NO3S/c1-3-21-17(19)15-10-13(20-2)6-9-16(15)22-14-7-4-12(11-18)5-8-14/h4-10H,3H2,1-2H3. The number of carbonyl (C=O) groups excluding carboxylic acids is 1. The van der Waals surface area contributed by atoms with Crippen molar-refractivity contribution in [2.45, 2.75) is 16.7 Å². The molecule has 0 aliphatic carbocycles. The number of hydrogen-bond donors (Lipinski definition) is 0. The number of methoxy groups -OCH3 is 1. The molecule has 22 heavy (non-hydrogen) atoms. The van der Waals surface area contributed by atoms with E-state index in [4.69, 9.17) is 14.7 Å². The second-order valence-corrected chi connectivity index (χ2v) is 5.44. The van der Waals surface area contributed by atoms with Crippen LogP contribution in [0.1, 0.15) is 22.8 Å². The van der Waals surface area contributed by atoms with Crippen molar-refractivity contribution in [2.24, 2.45) is 0 Å². The zero-order valence-corrected chi connectivity index (χ0v) is 13.1. The fraction of sp³-hybridized carbons (Fsp3) is 0.176. The Balaban J connectivity index is 2.32. The SMILES string of the molecule is CCOC(=O)c1cc(OC)ccc1Sc1ccc(C#N)cc1. The van der Waals surface area contributed by atoms with Gasteiger partial charge in [0.05, 0.1) is 30.9 Å². The molecule has 2 rings (SSSR count). The van der Waals surface area contributed by atoms with Gasteiger partial charge in [-0.2, -0.15) is 5.26 Å². The van der Waals surface area contributed by atoms with Crippen LogP contribution in [0.4, 0.5) is 0 Å². The average molecular weight is 313 g/mol. The van der Waals surface area contributed by atoms with E-state index in [1.165, 1.54) is 11.8 Å². The molecular weight excluding hydrogens is 298 g/mol. The highest BCUT2D eigenvalue weighted by Gasteiger charge is 2.15. The maximum atomic E-state index is 12.1. The summed E-state index contributed by atoms with van der Waals surface area (Å²) >= 11 is 1.44. The lowest BCUT2D eigenvalue weighted by molar-refractivity contribution is 0.0522. The maximum Gasteiger partial charge on any atom is 0.339 e. The third-order valence-corrected chi connectivity index (χ3v) is 3.98. The summed E-state index contributed by atoms with van der Waals surface area (Å²) < 4.78 is 10.3. The third kappa shape index (κ3) is 3.80. The second kappa shape index (κ2) is 7.53. The number of nitriles is 1. The van der Waals surface area contributed by atoms with Crippen molar-refractivity contribution in [1.82, 2.24) is 0 Å². The topological polar surface area (TPSA) is 59.3 Å². The lowest BCUT2D eigenvalue weighted by Gasteiger charge is -2.10. The molecular formula is C17H15NO3S. The molecule has 0 aliphatic rings. The summed E-state index contributed by atoms with van der Waals surface area (Å²) in [5, 5.41) is 8.82. The Morgan fingerprint density at radius 3 is 2.55 bits per heavy atom. The molecule has 5 heteroatoms. The summed E-state index contributed by atoms with van der Waals surface area (Å²) in [6, 6.07) is 14.6. The van der Waals surface area contributed by atoms with Gasteiger partial charge in [-0.15, -0.1) is 0 Å². The van der Waals surface area contributed by atoms with E-state index in [-0.39, 0.29) is 5.97 Å². The van der Waals surface area contributed by atoms with E-state index in [1.54, 1.807) is 38.3 Å². The van der Waals surface area contributed by atoms with Crippen LogP contribution < -0.4 is 4.74 Å². The van der Waals surface area contributed by atoms with Crippen molar-refractivity contribution in [3.63, 3.8) is 0 Å². The number of ether oxygens (including phenoxy) is 2. The van der Waals surface area contributed by atoms with E-state index >= 15 is 0 Å².